The third kappa shape index (κ3) is 3.14. The van der Waals surface area contributed by atoms with Crippen molar-refractivity contribution >= 4 is 0 Å². The van der Waals surface area contributed by atoms with E-state index in [1.165, 1.54) is 5.56 Å². The highest BCUT2D eigenvalue weighted by Crippen LogP contribution is 1.99. The third-order valence-electron chi connectivity index (χ3n) is 1.31. The highest BCUT2D eigenvalue weighted by atomic mass is 14.7. The van der Waals surface area contributed by atoms with E-state index >= 15 is 0 Å². The third-order valence-corrected chi connectivity index (χ3v) is 1.31. The second kappa shape index (κ2) is 5.86. The van der Waals surface area contributed by atoms with Crippen molar-refractivity contribution in [1.29, 1.82) is 0 Å². The Balaban J connectivity index is 0.000000461. The molecule has 0 spiro atoms. The minimum absolute atomic E-state index is 0.534. The van der Waals surface area contributed by atoms with Crippen LogP contribution < -0.4 is 5.73 Å². The molecule has 11 heavy (non-hydrogen) atoms. The highest BCUT2D eigenvalue weighted by Gasteiger charge is 1.91. The van der Waals surface area contributed by atoms with E-state index < -0.39 is 0 Å². The molecule has 0 aromatic carbocycles. The van der Waals surface area contributed by atoms with Crippen molar-refractivity contribution in [2.45, 2.75) is 27.3 Å². The second-order valence-corrected chi connectivity index (χ2v) is 1.97. The standard InChI is InChI=1S/C7H10N2.C2H6/c1-6-3-2-4-9-7(6)5-8;1-2/h2-4H,5,8H2,1H3;1-2H3. The zero-order valence-corrected chi connectivity index (χ0v) is 7.46. The van der Waals surface area contributed by atoms with Crippen LogP contribution in [0.25, 0.3) is 0 Å². The first-order valence-corrected chi connectivity index (χ1v) is 3.95. The molecule has 0 saturated carbocycles. The first-order chi connectivity index (χ1) is 5.34. The number of nitrogens with two attached hydrogens (primary N) is 1. The van der Waals surface area contributed by atoms with Gasteiger partial charge in [0.1, 0.15) is 0 Å². The summed E-state index contributed by atoms with van der Waals surface area (Å²) in [6.45, 7) is 6.54. The van der Waals surface area contributed by atoms with Gasteiger partial charge in [-0.3, -0.25) is 4.98 Å². The Labute approximate surface area is 68.5 Å². The maximum atomic E-state index is 5.39. The summed E-state index contributed by atoms with van der Waals surface area (Å²) in [5.74, 6) is 0. The first-order valence-electron chi connectivity index (χ1n) is 3.95. The molecule has 1 aromatic heterocycles. The zero-order valence-electron chi connectivity index (χ0n) is 7.46. The van der Waals surface area contributed by atoms with Crippen molar-refractivity contribution in [2.24, 2.45) is 5.73 Å². The van der Waals surface area contributed by atoms with E-state index in [2.05, 4.69) is 4.98 Å². The molecule has 0 bridgehead atoms. The molecule has 0 unspecified atom stereocenters. The fourth-order valence-electron chi connectivity index (χ4n) is 0.732. The molecule has 62 valence electrons. The Bertz CT molecular complexity index is 197. The summed E-state index contributed by atoms with van der Waals surface area (Å²) in [7, 11) is 0. The quantitative estimate of drug-likeness (QED) is 0.667. The normalized spacial score (nSPS) is 8.36. The van der Waals surface area contributed by atoms with Gasteiger partial charge in [-0.15, -0.1) is 0 Å². The first kappa shape index (κ1) is 10.1. The van der Waals surface area contributed by atoms with Crippen molar-refractivity contribution in [3.05, 3.63) is 29.6 Å². The van der Waals surface area contributed by atoms with Crippen LogP contribution in [0.1, 0.15) is 25.1 Å². The number of aromatic nitrogens is 1. The van der Waals surface area contributed by atoms with Crippen molar-refractivity contribution < 1.29 is 0 Å². The van der Waals surface area contributed by atoms with Gasteiger partial charge in [0.05, 0.1) is 5.69 Å². The maximum Gasteiger partial charge on any atom is 0.0568 e. The fourth-order valence-corrected chi connectivity index (χ4v) is 0.732. The van der Waals surface area contributed by atoms with Gasteiger partial charge in [0.25, 0.3) is 0 Å². The molecule has 1 aromatic rings. The average molecular weight is 152 g/mol. The molecule has 0 radical (unpaired) electrons. The number of rotatable bonds is 1. The van der Waals surface area contributed by atoms with Gasteiger partial charge < -0.3 is 5.73 Å². The van der Waals surface area contributed by atoms with Crippen LogP contribution >= 0.6 is 0 Å². The average Bonchev–Trinajstić information content (AvgIpc) is 2.09. The summed E-state index contributed by atoms with van der Waals surface area (Å²) in [6.07, 6.45) is 1.76. The van der Waals surface area contributed by atoms with E-state index in [1.54, 1.807) is 6.20 Å². The molecule has 0 amide bonds. The molecule has 0 aliphatic rings. The predicted octanol–water partition coefficient (Wildman–Crippen LogP) is 1.87. The van der Waals surface area contributed by atoms with Gasteiger partial charge in [0.15, 0.2) is 0 Å². The van der Waals surface area contributed by atoms with E-state index in [0.717, 1.165) is 5.69 Å². The van der Waals surface area contributed by atoms with E-state index in [1.807, 2.05) is 32.9 Å². The summed E-state index contributed by atoms with van der Waals surface area (Å²) in [5.41, 5.74) is 7.54. The lowest BCUT2D eigenvalue weighted by molar-refractivity contribution is 0.969. The number of hydrogen-bond acceptors (Lipinski definition) is 2. The molecule has 2 N–H and O–H groups in total. The Kier molecular flexibility index (Phi) is 5.39. The van der Waals surface area contributed by atoms with E-state index in [0.29, 0.717) is 6.54 Å². The zero-order chi connectivity index (χ0) is 8.69. The largest absolute Gasteiger partial charge is 0.325 e. The van der Waals surface area contributed by atoms with Crippen molar-refractivity contribution in [1.82, 2.24) is 4.98 Å². The Morgan fingerprint density at radius 3 is 2.45 bits per heavy atom. The molecule has 1 rings (SSSR count). The van der Waals surface area contributed by atoms with Crippen LogP contribution in [0.4, 0.5) is 0 Å². The molecule has 2 nitrogen and oxygen atoms in total. The lowest BCUT2D eigenvalue weighted by atomic mass is 10.2. The number of aryl methyl sites for hydroxylation is 1. The summed E-state index contributed by atoms with van der Waals surface area (Å²) in [6, 6.07) is 3.92. The molecular formula is C9H16N2. The fraction of sp³-hybridized carbons (Fsp3) is 0.444. The number of nitrogens with zero attached hydrogens (tertiary/aromatic N) is 1. The van der Waals surface area contributed by atoms with Crippen LogP contribution in [0.5, 0.6) is 0 Å². The summed E-state index contributed by atoms with van der Waals surface area (Å²) >= 11 is 0. The number of hydrogen-bond donors (Lipinski definition) is 1. The SMILES string of the molecule is CC.Cc1cccnc1CN. The van der Waals surface area contributed by atoms with Crippen molar-refractivity contribution in [2.75, 3.05) is 0 Å². The lowest BCUT2D eigenvalue weighted by Gasteiger charge is -1.97. The molecule has 0 aliphatic carbocycles. The second-order valence-electron chi connectivity index (χ2n) is 1.97. The molecule has 2 heteroatoms. The summed E-state index contributed by atoms with van der Waals surface area (Å²) in [5, 5.41) is 0. The van der Waals surface area contributed by atoms with Gasteiger partial charge in [-0.2, -0.15) is 0 Å². The van der Waals surface area contributed by atoms with Crippen molar-refractivity contribution in [3.8, 4) is 0 Å². The lowest BCUT2D eigenvalue weighted by Crippen LogP contribution is -2.00. The Hall–Kier alpha value is -0.890. The molecule has 0 aliphatic heterocycles. The Morgan fingerprint density at radius 1 is 1.45 bits per heavy atom. The van der Waals surface area contributed by atoms with Crippen LogP contribution in [0.3, 0.4) is 0 Å². The minimum atomic E-state index is 0.534. The highest BCUT2D eigenvalue weighted by molar-refractivity contribution is 5.16. The van der Waals surface area contributed by atoms with Crippen LogP contribution in [0.2, 0.25) is 0 Å². The van der Waals surface area contributed by atoms with E-state index in [9.17, 15) is 0 Å². The van der Waals surface area contributed by atoms with Crippen LogP contribution in [0, 0.1) is 6.92 Å². The van der Waals surface area contributed by atoms with E-state index in [4.69, 9.17) is 5.73 Å². The summed E-state index contributed by atoms with van der Waals surface area (Å²) in [4.78, 5) is 4.07. The van der Waals surface area contributed by atoms with Crippen LogP contribution in [-0.4, -0.2) is 4.98 Å². The molecule has 0 fully saturated rings. The van der Waals surface area contributed by atoms with Gasteiger partial charge >= 0.3 is 0 Å². The van der Waals surface area contributed by atoms with Crippen LogP contribution in [0.15, 0.2) is 18.3 Å². The monoisotopic (exact) mass is 152 g/mol. The van der Waals surface area contributed by atoms with Crippen molar-refractivity contribution in [3.63, 3.8) is 0 Å². The van der Waals surface area contributed by atoms with E-state index in [-0.39, 0.29) is 0 Å². The predicted molar refractivity (Wildman–Crippen MR) is 48.2 cm³/mol. The topological polar surface area (TPSA) is 38.9 Å². The molecule has 0 saturated heterocycles. The maximum absolute atomic E-state index is 5.39. The van der Waals surface area contributed by atoms with Gasteiger partial charge in [0.2, 0.25) is 0 Å². The Morgan fingerprint density at radius 2 is 2.09 bits per heavy atom. The summed E-state index contributed by atoms with van der Waals surface area (Å²) < 4.78 is 0. The van der Waals surface area contributed by atoms with Gasteiger partial charge in [-0.1, -0.05) is 19.9 Å². The minimum Gasteiger partial charge on any atom is -0.325 e. The van der Waals surface area contributed by atoms with Gasteiger partial charge in [-0.05, 0) is 18.6 Å². The number of pyridine rings is 1. The molecule has 1 heterocycles. The smallest absolute Gasteiger partial charge is 0.0568 e. The molecule has 0 atom stereocenters. The van der Waals surface area contributed by atoms with Gasteiger partial charge in [0, 0.05) is 12.7 Å². The van der Waals surface area contributed by atoms with Gasteiger partial charge in [-0.25, -0.2) is 0 Å². The van der Waals surface area contributed by atoms with Crippen LogP contribution in [-0.2, 0) is 6.54 Å². The molecular weight excluding hydrogens is 136 g/mol.